The SMILES string of the molecule is CCOc1cccc(N2C(=O)CC(N3CCN(Cc4ccc5c(c4)OCO5)CC3)C2=O)c1. The van der Waals surface area contributed by atoms with Crippen LogP contribution in [0.3, 0.4) is 0 Å². The quantitative estimate of drug-likeness (QED) is 0.642. The molecule has 8 nitrogen and oxygen atoms in total. The van der Waals surface area contributed by atoms with Crippen molar-refractivity contribution in [3.8, 4) is 17.2 Å². The van der Waals surface area contributed by atoms with E-state index in [1.54, 1.807) is 12.1 Å². The first-order valence-corrected chi connectivity index (χ1v) is 11.1. The molecule has 1 unspecified atom stereocenters. The molecule has 1 atom stereocenters. The smallest absolute Gasteiger partial charge is 0.251 e. The number of carbonyl (C=O) groups is 2. The molecule has 0 radical (unpaired) electrons. The molecule has 0 saturated carbocycles. The molecule has 0 aliphatic carbocycles. The number of amides is 2. The number of piperazine rings is 1. The fourth-order valence-corrected chi connectivity index (χ4v) is 4.58. The third-order valence-corrected chi connectivity index (χ3v) is 6.20. The number of carbonyl (C=O) groups excluding carboxylic acids is 2. The molecule has 5 rings (SSSR count). The highest BCUT2D eigenvalue weighted by Crippen LogP contribution is 2.33. The van der Waals surface area contributed by atoms with Gasteiger partial charge in [-0.2, -0.15) is 0 Å². The number of fused-ring (bicyclic) bond motifs is 1. The van der Waals surface area contributed by atoms with Crippen LogP contribution in [0.5, 0.6) is 17.2 Å². The van der Waals surface area contributed by atoms with Crippen molar-refractivity contribution in [3.63, 3.8) is 0 Å². The van der Waals surface area contributed by atoms with Crippen molar-refractivity contribution in [2.45, 2.75) is 25.9 Å². The van der Waals surface area contributed by atoms with Crippen LogP contribution in [0.15, 0.2) is 42.5 Å². The Kier molecular flexibility index (Phi) is 5.71. The molecule has 0 bridgehead atoms. The summed E-state index contributed by atoms with van der Waals surface area (Å²) in [5.41, 5.74) is 1.75. The van der Waals surface area contributed by atoms with Gasteiger partial charge in [-0.15, -0.1) is 0 Å². The molecule has 2 saturated heterocycles. The van der Waals surface area contributed by atoms with E-state index >= 15 is 0 Å². The van der Waals surface area contributed by atoms with Crippen LogP contribution in [0.4, 0.5) is 5.69 Å². The predicted molar refractivity (Wildman–Crippen MR) is 118 cm³/mol. The number of hydrogen-bond acceptors (Lipinski definition) is 7. The summed E-state index contributed by atoms with van der Waals surface area (Å²) in [5, 5.41) is 0. The van der Waals surface area contributed by atoms with Gasteiger partial charge in [-0.05, 0) is 36.8 Å². The molecule has 3 aliphatic heterocycles. The zero-order valence-corrected chi connectivity index (χ0v) is 18.2. The van der Waals surface area contributed by atoms with Crippen molar-refractivity contribution >= 4 is 17.5 Å². The Morgan fingerprint density at radius 1 is 1.00 bits per heavy atom. The number of hydrogen-bond donors (Lipinski definition) is 0. The molecule has 0 N–H and O–H groups in total. The molecule has 0 aromatic heterocycles. The molecule has 8 heteroatoms. The molecule has 3 heterocycles. The predicted octanol–water partition coefficient (Wildman–Crippen LogP) is 2.26. The molecule has 3 aliphatic rings. The highest BCUT2D eigenvalue weighted by molar-refractivity contribution is 6.22. The van der Waals surface area contributed by atoms with Gasteiger partial charge in [0.15, 0.2) is 11.5 Å². The van der Waals surface area contributed by atoms with Crippen LogP contribution >= 0.6 is 0 Å². The summed E-state index contributed by atoms with van der Waals surface area (Å²) in [6.07, 6.45) is 0.222. The minimum atomic E-state index is -0.397. The Labute approximate surface area is 187 Å². The van der Waals surface area contributed by atoms with Crippen LogP contribution in [0, 0.1) is 0 Å². The second kappa shape index (κ2) is 8.80. The number of anilines is 1. The lowest BCUT2D eigenvalue weighted by Crippen LogP contribution is -2.52. The standard InChI is InChI=1S/C24H27N3O5/c1-2-30-19-5-3-4-18(13-19)27-23(28)14-20(24(27)29)26-10-8-25(9-11-26)15-17-6-7-21-22(12-17)32-16-31-21/h3-7,12-13,20H,2,8-11,14-16H2,1H3. The Hall–Kier alpha value is -3.10. The Morgan fingerprint density at radius 2 is 1.81 bits per heavy atom. The van der Waals surface area contributed by atoms with E-state index in [0.717, 1.165) is 44.2 Å². The second-order valence-electron chi connectivity index (χ2n) is 8.22. The minimum absolute atomic E-state index is 0.145. The average molecular weight is 437 g/mol. The van der Waals surface area contributed by atoms with Crippen LogP contribution < -0.4 is 19.1 Å². The van der Waals surface area contributed by atoms with E-state index in [4.69, 9.17) is 14.2 Å². The summed E-state index contributed by atoms with van der Waals surface area (Å²) in [6.45, 7) is 6.71. The third-order valence-electron chi connectivity index (χ3n) is 6.20. The van der Waals surface area contributed by atoms with Crippen LogP contribution in [0.2, 0.25) is 0 Å². The molecular weight excluding hydrogens is 410 g/mol. The molecular formula is C24H27N3O5. The lowest BCUT2D eigenvalue weighted by atomic mass is 10.1. The van der Waals surface area contributed by atoms with Crippen molar-refractivity contribution in [2.24, 2.45) is 0 Å². The van der Waals surface area contributed by atoms with E-state index in [0.29, 0.717) is 18.0 Å². The van der Waals surface area contributed by atoms with Crippen LogP contribution in [0.1, 0.15) is 18.9 Å². The maximum absolute atomic E-state index is 13.1. The maximum atomic E-state index is 13.1. The van der Waals surface area contributed by atoms with Crippen molar-refractivity contribution in [1.82, 2.24) is 9.80 Å². The first kappa shape index (κ1) is 20.8. The summed E-state index contributed by atoms with van der Waals surface area (Å²) in [4.78, 5) is 31.7. The molecule has 32 heavy (non-hydrogen) atoms. The number of nitrogens with zero attached hydrogens (tertiary/aromatic N) is 3. The first-order valence-electron chi connectivity index (χ1n) is 11.1. The van der Waals surface area contributed by atoms with Gasteiger partial charge >= 0.3 is 0 Å². The van der Waals surface area contributed by atoms with Crippen LogP contribution in [0.25, 0.3) is 0 Å². The summed E-state index contributed by atoms with van der Waals surface area (Å²) in [5.74, 6) is 1.94. The highest BCUT2D eigenvalue weighted by atomic mass is 16.7. The normalized spacial score (nSPS) is 21.4. The maximum Gasteiger partial charge on any atom is 0.251 e. The van der Waals surface area contributed by atoms with Gasteiger partial charge in [-0.1, -0.05) is 12.1 Å². The summed E-state index contributed by atoms with van der Waals surface area (Å²) in [6, 6.07) is 12.8. The van der Waals surface area contributed by atoms with Crippen LogP contribution in [-0.4, -0.2) is 67.2 Å². The third kappa shape index (κ3) is 4.03. The van der Waals surface area contributed by atoms with E-state index < -0.39 is 6.04 Å². The Bertz CT molecular complexity index is 1020. The van der Waals surface area contributed by atoms with Gasteiger partial charge in [0, 0.05) is 38.8 Å². The van der Waals surface area contributed by atoms with Crippen molar-refractivity contribution in [3.05, 3.63) is 48.0 Å². The zero-order valence-electron chi connectivity index (χ0n) is 18.2. The topological polar surface area (TPSA) is 71.6 Å². The first-order chi connectivity index (χ1) is 15.6. The van der Waals surface area contributed by atoms with Gasteiger partial charge in [-0.25, -0.2) is 4.90 Å². The molecule has 2 amide bonds. The van der Waals surface area contributed by atoms with Gasteiger partial charge in [-0.3, -0.25) is 19.4 Å². The van der Waals surface area contributed by atoms with Crippen molar-refractivity contribution < 1.29 is 23.8 Å². The van der Waals surface area contributed by atoms with Gasteiger partial charge in [0.1, 0.15) is 5.75 Å². The lowest BCUT2D eigenvalue weighted by molar-refractivity contribution is -0.123. The van der Waals surface area contributed by atoms with Crippen molar-refractivity contribution in [1.29, 1.82) is 0 Å². The van der Waals surface area contributed by atoms with E-state index in [9.17, 15) is 9.59 Å². The average Bonchev–Trinajstić information content (AvgIpc) is 3.38. The van der Waals surface area contributed by atoms with Gasteiger partial charge in [0.2, 0.25) is 12.7 Å². The fraction of sp³-hybridized carbons (Fsp3) is 0.417. The zero-order chi connectivity index (χ0) is 22.1. The molecule has 168 valence electrons. The summed E-state index contributed by atoms with van der Waals surface area (Å²) in [7, 11) is 0. The van der Waals surface area contributed by atoms with Gasteiger partial charge in [0.25, 0.3) is 5.91 Å². The lowest BCUT2D eigenvalue weighted by Gasteiger charge is -2.37. The largest absolute Gasteiger partial charge is 0.494 e. The second-order valence-corrected chi connectivity index (χ2v) is 8.22. The molecule has 2 aromatic carbocycles. The van der Waals surface area contributed by atoms with Crippen LogP contribution in [-0.2, 0) is 16.1 Å². The molecule has 2 aromatic rings. The summed E-state index contributed by atoms with van der Waals surface area (Å²) < 4.78 is 16.4. The monoisotopic (exact) mass is 437 g/mol. The molecule has 2 fully saturated rings. The van der Waals surface area contributed by atoms with E-state index in [1.165, 1.54) is 10.5 Å². The Morgan fingerprint density at radius 3 is 2.62 bits per heavy atom. The number of imide groups is 1. The fourth-order valence-electron chi connectivity index (χ4n) is 4.58. The Balaban J connectivity index is 1.20. The number of benzene rings is 2. The number of ether oxygens (including phenoxy) is 3. The minimum Gasteiger partial charge on any atom is -0.494 e. The van der Waals surface area contributed by atoms with Gasteiger partial charge < -0.3 is 14.2 Å². The van der Waals surface area contributed by atoms with E-state index in [-0.39, 0.29) is 25.0 Å². The van der Waals surface area contributed by atoms with Gasteiger partial charge in [0.05, 0.1) is 24.8 Å². The highest BCUT2D eigenvalue weighted by Gasteiger charge is 2.43. The number of rotatable bonds is 6. The van der Waals surface area contributed by atoms with E-state index in [2.05, 4.69) is 15.9 Å². The van der Waals surface area contributed by atoms with Crippen molar-refractivity contribution in [2.75, 3.05) is 44.5 Å². The van der Waals surface area contributed by atoms with E-state index in [1.807, 2.05) is 31.2 Å². The summed E-state index contributed by atoms with van der Waals surface area (Å²) >= 11 is 0. The molecule has 0 spiro atoms.